The molecule has 0 aliphatic carbocycles. The van der Waals surface area contributed by atoms with Gasteiger partial charge in [0.15, 0.2) is 0 Å². The molecule has 0 radical (unpaired) electrons. The molecular formula is C15H14BrFN2O. The zero-order chi connectivity index (χ0) is 14.9. The van der Waals surface area contributed by atoms with E-state index >= 15 is 0 Å². The smallest absolute Gasteiger partial charge is 0.256 e. The first-order valence-electron chi connectivity index (χ1n) is 6.01. The number of rotatable bonds is 2. The van der Waals surface area contributed by atoms with Crippen LogP contribution < -0.4 is 11.1 Å². The molecule has 0 aliphatic heterocycles. The molecule has 0 fully saturated rings. The fourth-order valence-corrected chi connectivity index (χ4v) is 2.37. The van der Waals surface area contributed by atoms with Gasteiger partial charge in [0.25, 0.3) is 5.91 Å². The highest BCUT2D eigenvalue weighted by Crippen LogP contribution is 2.24. The third-order valence-corrected chi connectivity index (χ3v) is 3.55. The number of anilines is 2. The van der Waals surface area contributed by atoms with Crippen molar-refractivity contribution < 1.29 is 9.18 Å². The zero-order valence-electron chi connectivity index (χ0n) is 11.1. The maximum absolute atomic E-state index is 13.0. The number of nitrogens with two attached hydrogens (primary N) is 1. The van der Waals surface area contributed by atoms with Crippen molar-refractivity contribution in [3.8, 4) is 0 Å². The van der Waals surface area contributed by atoms with Crippen LogP contribution in [0.4, 0.5) is 15.8 Å². The monoisotopic (exact) mass is 336 g/mol. The summed E-state index contributed by atoms with van der Waals surface area (Å²) in [4.78, 5) is 12.3. The van der Waals surface area contributed by atoms with Gasteiger partial charge in [-0.05, 0) is 55.3 Å². The lowest BCUT2D eigenvalue weighted by Gasteiger charge is -2.12. The second-order valence-corrected chi connectivity index (χ2v) is 5.50. The molecule has 2 aromatic carbocycles. The van der Waals surface area contributed by atoms with Gasteiger partial charge in [0.2, 0.25) is 0 Å². The molecule has 2 rings (SSSR count). The van der Waals surface area contributed by atoms with Crippen LogP contribution in [0, 0.1) is 19.7 Å². The van der Waals surface area contributed by atoms with Crippen LogP contribution in [0.3, 0.4) is 0 Å². The van der Waals surface area contributed by atoms with E-state index in [0.717, 1.165) is 4.47 Å². The minimum Gasteiger partial charge on any atom is -0.398 e. The van der Waals surface area contributed by atoms with E-state index in [-0.39, 0.29) is 11.7 Å². The van der Waals surface area contributed by atoms with Crippen molar-refractivity contribution in [1.82, 2.24) is 0 Å². The molecule has 20 heavy (non-hydrogen) atoms. The Bertz CT molecular complexity index is 686. The van der Waals surface area contributed by atoms with Crippen molar-refractivity contribution in [2.75, 3.05) is 11.1 Å². The Hall–Kier alpha value is -1.88. The van der Waals surface area contributed by atoms with Crippen LogP contribution in [0.25, 0.3) is 0 Å². The number of halogens is 2. The number of carbonyl (C=O) groups excluding carboxylic acids is 1. The van der Waals surface area contributed by atoms with Crippen molar-refractivity contribution in [2.45, 2.75) is 13.8 Å². The molecule has 2 aromatic rings. The first kappa shape index (κ1) is 14.5. The lowest BCUT2D eigenvalue weighted by Crippen LogP contribution is -2.15. The number of carbonyl (C=O) groups is 1. The molecule has 0 aliphatic rings. The summed E-state index contributed by atoms with van der Waals surface area (Å²) in [5.74, 6) is -0.603. The van der Waals surface area contributed by atoms with Crippen molar-refractivity contribution >= 4 is 33.2 Å². The summed E-state index contributed by atoms with van der Waals surface area (Å²) in [7, 11) is 0. The van der Waals surface area contributed by atoms with E-state index < -0.39 is 0 Å². The fourth-order valence-electron chi connectivity index (χ4n) is 1.89. The molecule has 0 bridgehead atoms. The molecule has 0 heterocycles. The first-order valence-corrected chi connectivity index (χ1v) is 6.81. The van der Waals surface area contributed by atoms with E-state index in [1.54, 1.807) is 32.0 Å². The van der Waals surface area contributed by atoms with E-state index in [1.165, 1.54) is 12.1 Å². The quantitative estimate of drug-likeness (QED) is 0.813. The van der Waals surface area contributed by atoms with Gasteiger partial charge in [0.05, 0.1) is 0 Å². The molecule has 0 unspecified atom stereocenters. The van der Waals surface area contributed by atoms with Gasteiger partial charge in [-0.15, -0.1) is 0 Å². The molecule has 0 aromatic heterocycles. The van der Waals surface area contributed by atoms with Crippen molar-refractivity contribution in [1.29, 1.82) is 0 Å². The number of nitrogen functional groups attached to an aromatic ring is 1. The van der Waals surface area contributed by atoms with E-state index in [0.29, 0.717) is 28.1 Å². The predicted octanol–water partition coefficient (Wildman–Crippen LogP) is 4.04. The first-order chi connectivity index (χ1) is 9.38. The number of benzene rings is 2. The number of nitrogens with one attached hydrogen (secondary N) is 1. The second kappa shape index (κ2) is 5.63. The fraction of sp³-hybridized carbons (Fsp3) is 0.133. The lowest BCUT2D eigenvalue weighted by atomic mass is 10.1. The third kappa shape index (κ3) is 2.99. The van der Waals surface area contributed by atoms with Crippen LogP contribution in [-0.2, 0) is 0 Å². The molecule has 0 saturated carbocycles. The number of aryl methyl sites for hydroxylation is 1. The molecule has 3 N–H and O–H groups in total. The third-order valence-electron chi connectivity index (χ3n) is 3.09. The van der Waals surface area contributed by atoms with Gasteiger partial charge < -0.3 is 11.1 Å². The van der Waals surface area contributed by atoms with Crippen molar-refractivity contribution in [3.05, 3.63) is 57.3 Å². The van der Waals surface area contributed by atoms with Gasteiger partial charge in [-0.3, -0.25) is 4.79 Å². The highest BCUT2D eigenvalue weighted by Gasteiger charge is 2.13. The Balaban J connectivity index is 2.33. The summed E-state index contributed by atoms with van der Waals surface area (Å²) >= 11 is 3.32. The molecule has 104 valence electrons. The number of amides is 1. The van der Waals surface area contributed by atoms with Crippen LogP contribution >= 0.6 is 15.9 Å². The van der Waals surface area contributed by atoms with Crippen molar-refractivity contribution in [2.24, 2.45) is 0 Å². The van der Waals surface area contributed by atoms with E-state index in [1.807, 2.05) is 0 Å². The Morgan fingerprint density at radius 2 is 1.95 bits per heavy atom. The van der Waals surface area contributed by atoms with Crippen LogP contribution in [0.5, 0.6) is 0 Å². The van der Waals surface area contributed by atoms with E-state index in [9.17, 15) is 9.18 Å². The SMILES string of the molecule is Cc1cc(F)ccc1NC(=O)c1cc(Br)cc(N)c1C. The summed E-state index contributed by atoms with van der Waals surface area (Å²) in [5, 5.41) is 2.77. The lowest BCUT2D eigenvalue weighted by molar-refractivity contribution is 0.102. The maximum atomic E-state index is 13.0. The van der Waals surface area contributed by atoms with Gasteiger partial charge in [0, 0.05) is 21.4 Å². The molecule has 0 saturated heterocycles. The van der Waals surface area contributed by atoms with Gasteiger partial charge in [0.1, 0.15) is 5.82 Å². The van der Waals surface area contributed by atoms with Crippen LogP contribution in [0.15, 0.2) is 34.8 Å². The summed E-state index contributed by atoms with van der Waals surface area (Å²) < 4.78 is 13.8. The van der Waals surface area contributed by atoms with Crippen LogP contribution in [0.1, 0.15) is 21.5 Å². The minimum absolute atomic E-state index is 0.273. The predicted molar refractivity (Wildman–Crippen MR) is 82.4 cm³/mol. The maximum Gasteiger partial charge on any atom is 0.256 e. The topological polar surface area (TPSA) is 55.1 Å². The molecule has 0 atom stereocenters. The van der Waals surface area contributed by atoms with Crippen LogP contribution in [-0.4, -0.2) is 5.91 Å². The second-order valence-electron chi connectivity index (χ2n) is 4.58. The normalized spacial score (nSPS) is 10.4. The summed E-state index contributed by atoms with van der Waals surface area (Å²) in [6.45, 7) is 3.52. The summed E-state index contributed by atoms with van der Waals surface area (Å²) in [5.41, 5.74) is 8.83. The average Bonchev–Trinajstić information content (AvgIpc) is 2.37. The zero-order valence-corrected chi connectivity index (χ0v) is 12.7. The molecule has 5 heteroatoms. The minimum atomic E-state index is -0.330. The Labute approximate surface area is 125 Å². The van der Waals surface area contributed by atoms with Crippen molar-refractivity contribution in [3.63, 3.8) is 0 Å². The Morgan fingerprint density at radius 3 is 2.60 bits per heavy atom. The van der Waals surface area contributed by atoms with Gasteiger partial charge in [-0.1, -0.05) is 15.9 Å². The summed E-state index contributed by atoms with van der Waals surface area (Å²) in [6.07, 6.45) is 0. The van der Waals surface area contributed by atoms with E-state index in [2.05, 4.69) is 21.2 Å². The van der Waals surface area contributed by atoms with Gasteiger partial charge >= 0.3 is 0 Å². The highest BCUT2D eigenvalue weighted by atomic mass is 79.9. The molecule has 3 nitrogen and oxygen atoms in total. The number of hydrogen-bond donors (Lipinski definition) is 2. The van der Waals surface area contributed by atoms with Gasteiger partial charge in [-0.25, -0.2) is 4.39 Å². The average molecular weight is 337 g/mol. The molecule has 0 spiro atoms. The molecular weight excluding hydrogens is 323 g/mol. The molecule has 1 amide bonds. The van der Waals surface area contributed by atoms with Crippen LogP contribution in [0.2, 0.25) is 0 Å². The standard InChI is InChI=1S/C15H14BrFN2O/c1-8-5-11(17)3-4-14(8)19-15(20)12-6-10(16)7-13(18)9(12)2/h3-7H,18H2,1-2H3,(H,19,20). The van der Waals surface area contributed by atoms with E-state index in [4.69, 9.17) is 5.73 Å². The van der Waals surface area contributed by atoms with Gasteiger partial charge in [-0.2, -0.15) is 0 Å². The summed E-state index contributed by atoms with van der Waals surface area (Å²) in [6, 6.07) is 7.68. The Kier molecular flexibility index (Phi) is 4.09. The highest BCUT2D eigenvalue weighted by molar-refractivity contribution is 9.10. The largest absolute Gasteiger partial charge is 0.398 e. The Morgan fingerprint density at radius 1 is 1.25 bits per heavy atom. The number of hydrogen-bond acceptors (Lipinski definition) is 2.